The highest BCUT2D eigenvalue weighted by Crippen LogP contribution is 2.47. The second kappa shape index (κ2) is 12.3. The smallest absolute Gasteiger partial charge is 0.346 e. The lowest BCUT2D eigenvalue weighted by atomic mass is 9.96. The van der Waals surface area contributed by atoms with E-state index in [1.54, 1.807) is 7.11 Å². The molecule has 0 radical (unpaired) electrons. The van der Waals surface area contributed by atoms with Crippen molar-refractivity contribution >= 4 is 14.3 Å². The molecule has 0 aromatic heterocycles. The lowest BCUT2D eigenvalue weighted by molar-refractivity contribution is 0.0453. The van der Waals surface area contributed by atoms with Gasteiger partial charge in [-0.3, -0.25) is 0 Å². The van der Waals surface area contributed by atoms with Gasteiger partial charge in [-0.15, -0.1) is 0 Å². The first-order valence-corrected chi connectivity index (χ1v) is 17.1. The number of carbonyl (C=O) groups is 1. The van der Waals surface area contributed by atoms with Gasteiger partial charge in [-0.25, -0.2) is 4.79 Å². The topological polar surface area (TPSA) is 63.2 Å². The summed E-state index contributed by atoms with van der Waals surface area (Å²) in [6.45, 7) is 22.5. The largest absolute Gasteiger partial charge is 0.495 e. The van der Waals surface area contributed by atoms with E-state index in [0.717, 1.165) is 29.5 Å². The molecule has 0 saturated carbocycles. The van der Waals surface area contributed by atoms with Crippen LogP contribution in [-0.4, -0.2) is 28.0 Å². The van der Waals surface area contributed by atoms with Gasteiger partial charge in [0.2, 0.25) is 0 Å². The number of benzene rings is 2. The number of rotatable bonds is 10. The molecule has 39 heavy (non-hydrogen) atoms. The highest BCUT2D eigenvalue weighted by atomic mass is 28.4. The Bertz CT molecular complexity index is 1160. The molecular weight excluding hydrogens is 508 g/mol. The Morgan fingerprint density at radius 2 is 1.74 bits per heavy atom. The minimum atomic E-state index is -2.12. The lowest BCUT2D eigenvalue weighted by Gasteiger charge is -2.40. The fraction of sp³-hybridized carbons (Fsp3) is 0.594. The molecule has 0 fully saturated rings. The molecule has 1 aliphatic heterocycles. The Morgan fingerprint density at radius 1 is 1.05 bits per heavy atom. The van der Waals surface area contributed by atoms with Crippen LogP contribution in [0.4, 0.5) is 0 Å². The summed E-state index contributed by atoms with van der Waals surface area (Å²) in [5, 5.41) is 0.0366. The van der Waals surface area contributed by atoms with Crippen LogP contribution in [0.15, 0.2) is 24.3 Å². The van der Waals surface area contributed by atoms with Crippen molar-refractivity contribution in [3.63, 3.8) is 0 Å². The van der Waals surface area contributed by atoms with Crippen molar-refractivity contribution in [2.45, 2.75) is 99.1 Å². The van der Waals surface area contributed by atoms with Gasteiger partial charge in [-0.2, -0.15) is 0 Å². The number of carbonyl (C=O) groups excluding carboxylic acids is 1. The fourth-order valence-electron chi connectivity index (χ4n) is 4.40. The number of aryl methyl sites for hydroxylation is 1. The van der Waals surface area contributed by atoms with E-state index in [2.05, 4.69) is 61.6 Å². The maximum atomic E-state index is 13.5. The summed E-state index contributed by atoms with van der Waals surface area (Å²) in [5.74, 6) is 2.48. The number of methoxy groups -OCH3 is 1. The second-order valence-corrected chi connectivity index (χ2v) is 17.8. The van der Waals surface area contributed by atoms with Gasteiger partial charge in [-0.05, 0) is 79.6 Å². The maximum Gasteiger partial charge on any atom is 0.346 e. The Hall–Kier alpha value is -2.51. The zero-order chi connectivity index (χ0) is 29.1. The van der Waals surface area contributed by atoms with Crippen LogP contribution in [0.2, 0.25) is 18.1 Å². The minimum absolute atomic E-state index is 0.0366. The van der Waals surface area contributed by atoms with E-state index in [4.69, 9.17) is 23.4 Å². The van der Waals surface area contributed by atoms with Gasteiger partial charge in [0, 0.05) is 11.1 Å². The predicted octanol–water partition coefficient (Wildman–Crippen LogP) is 9.00. The molecule has 2 aromatic carbocycles. The molecule has 0 unspecified atom stereocenters. The van der Waals surface area contributed by atoms with Gasteiger partial charge in [0.1, 0.15) is 23.7 Å². The summed E-state index contributed by atoms with van der Waals surface area (Å²) in [7, 11) is -0.540. The predicted molar refractivity (Wildman–Crippen MR) is 159 cm³/mol. The fourth-order valence-corrected chi connectivity index (χ4v) is 5.69. The molecular formula is C32H48O6Si. The monoisotopic (exact) mass is 556 g/mol. The molecule has 6 nitrogen and oxygen atoms in total. The molecule has 0 saturated heterocycles. The molecule has 0 spiro atoms. The Balaban J connectivity index is 2.11. The van der Waals surface area contributed by atoms with E-state index in [1.807, 2.05) is 31.2 Å². The Kier molecular flexibility index (Phi) is 9.81. The Morgan fingerprint density at radius 3 is 2.33 bits per heavy atom. The highest BCUT2D eigenvalue weighted by Gasteiger charge is 2.41. The van der Waals surface area contributed by atoms with Gasteiger partial charge in [0.05, 0.1) is 19.8 Å². The van der Waals surface area contributed by atoms with Crippen LogP contribution in [0.1, 0.15) is 94.5 Å². The first-order chi connectivity index (χ1) is 18.1. The van der Waals surface area contributed by atoms with E-state index in [9.17, 15) is 4.79 Å². The van der Waals surface area contributed by atoms with Crippen molar-refractivity contribution in [3.8, 4) is 23.0 Å². The summed E-state index contributed by atoms with van der Waals surface area (Å²) in [5.41, 5.74) is 2.91. The zero-order valence-corrected chi connectivity index (χ0v) is 26.8. The van der Waals surface area contributed by atoms with Crippen molar-refractivity contribution in [1.29, 1.82) is 0 Å². The van der Waals surface area contributed by atoms with E-state index in [1.165, 1.54) is 0 Å². The van der Waals surface area contributed by atoms with Crippen molar-refractivity contribution in [1.82, 2.24) is 0 Å². The first-order valence-electron chi connectivity index (χ1n) is 14.1. The molecule has 7 heteroatoms. The van der Waals surface area contributed by atoms with E-state index < -0.39 is 14.3 Å². The summed E-state index contributed by atoms with van der Waals surface area (Å²) in [6, 6.07) is 7.75. The van der Waals surface area contributed by atoms with Crippen LogP contribution in [0.5, 0.6) is 23.0 Å². The van der Waals surface area contributed by atoms with Gasteiger partial charge < -0.3 is 23.4 Å². The molecule has 3 rings (SSSR count). The lowest BCUT2D eigenvalue weighted by Crippen LogP contribution is -2.42. The second-order valence-electron chi connectivity index (χ2n) is 13.0. The van der Waals surface area contributed by atoms with Crippen LogP contribution in [0.3, 0.4) is 0 Å². The average Bonchev–Trinajstić information content (AvgIpc) is 2.80. The van der Waals surface area contributed by atoms with Crippen LogP contribution < -0.4 is 14.2 Å². The van der Waals surface area contributed by atoms with Gasteiger partial charge in [0.25, 0.3) is 0 Å². The number of fused-ring (bicyclic) bond motifs is 2. The highest BCUT2D eigenvalue weighted by molar-refractivity contribution is 6.74. The van der Waals surface area contributed by atoms with Crippen molar-refractivity contribution in [2.24, 2.45) is 11.8 Å². The number of ether oxygens (including phenoxy) is 4. The van der Waals surface area contributed by atoms with Crippen LogP contribution in [-0.2, 0) is 15.8 Å². The quantitative estimate of drug-likeness (QED) is 0.215. The minimum Gasteiger partial charge on any atom is -0.495 e. The molecule has 216 valence electrons. The maximum absolute atomic E-state index is 13.5. The van der Waals surface area contributed by atoms with Gasteiger partial charge >= 0.3 is 5.97 Å². The van der Waals surface area contributed by atoms with E-state index in [-0.39, 0.29) is 23.3 Å². The SMILES string of the molecule is COc1c([C@H](CC(C)C)O[Si](C)(C)C(C)(C)C)ccc2c1C(=O)OCc1cc(C)cc(OCCC(C)C)c1O2. The van der Waals surface area contributed by atoms with E-state index >= 15 is 0 Å². The molecule has 1 aliphatic rings. The van der Waals surface area contributed by atoms with Crippen LogP contribution in [0.25, 0.3) is 0 Å². The third kappa shape index (κ3) is 7.37. The number of esters is 1. The Labute approximate surface area is 236 Å². The van der Waals surface area contributed by atoms with Crippen molar-refractivity contribution < 1.29 is 28.2 Å². The summed E-state index contributed by atoms with van der Waals surface area (Å²) in [4.78, 5) is 13.5. The summed E-state index contributed by atoms with van der Waals surface area (Å²) >= 11 is 0. The molecule has 2 aromatic rings. The van der Waals surface area contributed by atoms with Crippen LogP contribution in [0, 0.1) is 18.8 Å². The molecule has 1 atom stereocenters. The molecule has 0 bridgehead atoms. The van der Waals surface area contributed by atoms with Crippen molar-refractivity contribution in [2.75, 3.05) is 13.7 Å². The molecule has 0 aliphatic carbocycles. The molecule has 0 N–H and O–H groups in total. The van der Waals surface area contributed by atoms with Gasteiger partial charge in [-0.1, -0.05) is 48.5 Å². The van der Waals surface area contributed by atoms with Crippen LogP contribution >= 0.6 is 0 Å². The summed E-state index contributed by atoms with van der Waals surface area (Å²) < 4.78 is 31.3. The average molecular weight is 557 g/mol. The third-order valence-corrected chi connectivity index (χ3v) is 12.1. The number of hydrogen-bond donors (Lipinski definition) is 0. The number of hydrogen-bond acceptors (Lipinski definition) is 6. The molecule has 1 heterocycles. The third-order valence-electron chi connectivity index (χ3n) is 7.63. The zero-order valence-electron chi connectivity index (χ0n) is 25.8. The molecule has 0 amide bonds. The normalized spacial score (nSPS) is 14.6. The number of cyclic esters (lactones) is 1. The van der Waals surface area contributed by atoms with Crippen molar-refractivity contribution in [3.05, 3.63) is 46.5 Å². The van der Waals surface area contributed by atoms with E-state index in [0.29, 0.717) is 41.4 Å². The van der Waals surface area contributed by atoms with Gasteiger partial charge in [0.15, 0.2) is 19.8 Å². The standard InChI is InChI=1S/C32H48O6Si/c1-20(2)14-15-35-27-18-22(5)17-23-19-36-31(33)28-25(37-29(23)27)13-12-24(30(28)34-9)26(16-21(3)4)38-39(10,11)32(6,7)8/h12-13,17-18,20-21,26H,14-16,19H2,1-11H3/t26-/m0/s1. The summed E-state index contributed by atoms with van der Waals surface area (Å²) in [6.07, 6.45) is 1.50. The first kappa shape index (κ1) is 31.0.